The average molecular weight is 440 g/mol. The van der Waals surface area contributed by atoms with E-state index >= 15 is 0 Å². The lowest BCUT2D eigenvalue weighted by atomic mass is 9.88. The Balaban J connectivity index is 1.56. The Morgan fingerprint density at radius 1 is 0.939 bits per heavy atom. The number of benzene rings is 3. The number of rotatable bonds is 8. The van der Waals surface area contributed by atoms with E-state index in [0.717, 1.165) is 29.3 Å². The summed E-state index contributed by atoms with van der Waals surface area (Å²) >= 11 is 0. The van der Waals surface area contributed by atoms with Crippen LogP contribution in [0, 0.1) is 6.92 Å². The van der Waals surface area contributed by atoms with Crippen LogP contribution in [0.25, 0.3) is 5.69 Å². The first-order valence-corrected chi connectivity index (χ1v) is 11.2. The number of methoxy groups -OCH3 is 1. The molecule has 0 spiro atoms. The minimum atomic E-state index is -0.0958. The molecule has 0 atom stereocenters. The van der Waals surface area contributed by atoms with E-state index in [0.29, 0.717) is 12.1 Å². The maximum absolute atomic E-state index is 13.1. The summed E-state index contributed by atoms with van der Waals surface area (Å²) in [6.45, 7) is 4.45. The van der Waals surface area contributed by atoms with Crippen molar-refractivity contribution in [3.05, 3.63) is 118 Å². The van der Waals surface area contributed by atoms with Gasteiger partial charge in [0.25, 0.3) is 5.56 Å². The second-order valence-electron chi connectivity index (χ2n) is 8.08. The summed E-state index contributed by atoms with van der Waals surface area (Å²) in [6, 6.07) is 28.4. The van der Waals surface area contributed by atoms with Crippen molar-refractivity contribution in [1.29, 1.82) is 0 Å². The summed E-state index contributed by atoms with van der Waals surface area (Å²) in [6.07, 6.45) is 0.863. The normalized spacial score (nSPS) is 11.7. The molecule has 0 aliphatic carbocycles. The third kappa shape index (κ3) is 4.98. The quantitative estimate of drug-likeness (QED) is 0.368. The number of H-pyrrole nitrogens is 1. The van der Waals surface area contributed by atoms with Gasteiger partial charge in [-0.1, -0.05) is 60.7 Å². The van der Waals surface area contributed by atoms with Gasteiger partial charge in [-0.15, -0.1) is 0 Å². The average Bonchev–Trinajstić information content (AvgIpc) is 3.16. The van der Waals surface area contributed by atoms with Gasteiger partial charge in [0, 0.05) is 23.9 Å². The summed E-state index contributed by atoms with van der Waals surface area (Å²) < 4.78 is 6.77. The lowest BCUT2D eigenvalue weighted by molar-refractivity contribution is 0.414. The van der Waals surface area contributed by atoms with Gasteiger partial charge in [0.2, 0.25) is 0 Å². The topological polar surface area (TPSA) is 59.4 Å². The number of ether oxygens (including phenoxy) is 1. The van der Waals surface area contributed by atoms with E-state index in [1.54, 1.807) is 11.8 Å². The smallest absolute Gasteiger partial charge is 0.280 e. The summed E-state index contributed by atoms with van der Waals surface area (Å²) in [7, 11) is 1.62. The van der Waals surface area contributed by atoms with Crippen molar-refractivity contribution in [2.45, 2.75) is 26.2 Å². The van der Waals surface area contributed by atoms with Crippen molar-refractivity contribution in [2.75, 3.05) is 13.7 Å². The molecule has 0 bridgehead atoms. The van der Waals surface area contributed by atoms with Crippen molar-refractivity contribution in [3.63, 3.8) is 0 Å². The van der Waals surface area contributed by atoms with Crippen molar-refractivity contribution in [3.8, 4) is 11.4 Å². The number of nitrogens with zero attached hydrogens (tertiary/aromatic N) is 2. The predicted molar refractivity (Wildman–Crippen MR) is 134 cm³/mol. The summed E-state index contributed by atoms with van der Waals surface area (Å²) in [5, 5.41) is 3.18. The Kier molecular flexibility index (Phi) is 6.89. The molecule has 5 nitrogen and oxygen atoms in total. The molecule has 3 aromatic carbocycles. The van der Waals surface area contributed by atoms with E-state index in [4.69, 9.17) is 9.73 Å². The number of aromatic nitrogens is 2. The number of nitrogens with one attached hydrogen (secondary N) is 1. The summed E-state index contributed by atoms with van der Waals surface area (Å²) in [5.41, 5.74) is 5.40. The molecule has 4 rings (SSSR count). The van der Waals surface area contributed by atoms with Gasteiger partial charge in [-0.2, -0.15) is 0 Å². The molecule has 0 saturated carbocycles. The van der Waals surface area contributed by atoms with Crippen LogP contribution >= 0.6 is 0 Å². The van der Waals surface area contributed by atoms with Gasteiger partial charge in [0.1, 0.15) is 5.75 Å². The first-order chi connectivity index (χ1) is 16.1. The van der Waals surface area contributed by atoms with Gasteiger partial charge in [0.15, 0.2) is 0 Å². The molecule has 5 heteroatoms. The van der Waals surface area contributed by atoms with Crippen LogP contribution in [-0.2, 0) is 0 Å². The molecule has 0 aliphatic heterocycles. The second-order valence-corrected chi connectivity index (χ2v) is 8.08. The molecular weight excluding hydrogens is 410 g/mol. The van der Waals surface area contributed by atoms with E-state index in [1.165, 1.54) is 11.1 Å². The first kappa shape index (κ1) is 22.3. The molecule has 0 unspecified atom stereocenters. The summed E-state index contributed by atoms with van der Waals surface area (Å²) in [5.74, 6) is 1.01. The van der Waals surface area contributed by atoms with Crippen LogP contribution in [0.15, 0.2) is 94.7 Å². The molecule has 0 radical (unpaired) electrons. The highest BCUT2D eigenvalue weighted by molar-refractivity contribution is 5.99. The van der Waals surface area contributed by atoms with E-state index in [2.05, 4.69) is 53.6 Å². The van der Waals surface area contributed by atoms with Crippen LogP contribution in [0.5, 0.6) is 5.75 Å². The Labute approximate surface area is 194 Å². The van der Waals surface area contributed by atoms with Crippen LogP contribution in [-0.4, -0.2) is 29.1 Å². The third-order valence-electron chi connectivity index (χ3n) is 5.93. The zero-order chi connectivity index (χ0) is 23.2. The van der Waals surface area contributed by atoms with Gasteiger partial charge >= 0.3 is 0 Å². The highest BCUT2D eigenvalue weighted by Crippen LogP contribution is 2.27. The van der Waals surface area contributed by atoms with Crippen molar-refractivity contribution in [2.24, 2.45) is 4.99 Å². The van der Waals surface area contributed by atoms with Gasteiger partial charge in [-0.3, -0.25) is 14.9 Å². The second kappa shape index (κ2) is 10.2. The number of aromatic amines is 1. The molecule has 0 saturated heterocycles. The van der Waals surface area contributed by atoms with Crippen LogP contribution in [0.1, 0.15) is 41.6 Å². The number of hydrogen-bond donors (Lipinski definition) is 1. The first-order valence-electron chi connectivity index (χ1n) is 11.2. The molecule has 1 heterocycles. The molecule has 168 valence electrons. The van der Waals surface area contributed by atoms with Crippen LogP contribution < -0.4 is 10.3 Å². The molecule has 0 fully saturated rings. The van der Waals surface area contributed by atoms with E-state index < -0.39 is 0 Å². The molecule has 0 aliphatic rings. The SMILES string of the molecule is COc1ccc(-n2[nH]c(C)c(C(C)=NCCC(c3ccccc3)c3ccccc3)c2=O)cc1. The lowest BCUT2D eigenvalue weighted by Gasteiger charge is -2.17. The van der Waals surface area contributed by atoms with E-state index in [-0.39, 0.29) is 11.5 Å². The van der Waals surface area contributed by atoms with Crippen molar-refractivity contribution >= 4 is 5.71 Å². The number of hydrogen-bond acceptors (Lipinski definition) is 3. The van der Waals surface area contributed by atoms with E-state index in [1.807, 2.05) is 50.2 Å². The van der Waals surface area contributed by atoms with E-state index in [9.17, 15) is 4.79 Å². The number of aliphatic imine (C=N–C) groups is 1. The van der Waals surface area contributed by atoms with Crippen molar-refractivity contribution in [1.82, 2.24) is 9.78 Å². The highest BCUT2D eigenvalue weighted by atomic mass is 16.5. The standard InChI is InChI=1S/C28H29N3O2/c1-20(27-21(2)30-31(28(27)32)24-14-16-25(33-3)17-15-24)29-19-18-26(22-10-6-4-7-11-22)23-12-8-5-9-13-23/h4-17,26,30H,18-19H2,1-3H3. The van der Waals surface area contributed by atoms with Crippen molar-refractivity contribution < 1.29 is 4.74 Å². The Hall–Kier alpha value is -3.86. The maximum Gasteiger partial charge on any atom is 0.280 e. The Bertz CT molecular complexity index is 1230. The monoisotopic (exact) mass is 439 g/mol. The predicted octanol–water partition coefficient (Wildman–Crippen LogP) is 5.51. The fourth-order valence-electron chi connectivity index (χ4n) is 4.22. The maximum atomic E-state index is 13.1. The zero-order valence-corrected chi connectivity index (χ0v) is 19.3. The molecule has 0 amide bonds. The molecule has 33 heavy (non-hydrogen) atoms. The van der Waals surface area contributed by atoms with Gasteiger partial charge in [-0.05, 0) is 55.7 Å². The molecule has 1 aromatic heterocycles. The minimum Gasteiger partial charge on any atom is -0.497 e. The number of aryl methyl sites for hydroxylation is 1. The Morgan fingerprint density at radius 3 is 2.06 bits per heavy atom. The molecule has 4 aromatic rings. The minimum absolute atomic E-state index is 0.0958. The third-order valence-corrected chi connectivity index (χ3v) is 5.93. The molecule has 1 N–H and O–H groups in total. The van der Waals surface area contributed by atoms with Gasteiger partial charge in [0.05, 0.1) is 18.4 Å². The fraction of sp³-hybridized carbons (Fsp3) is 0.214. The largest absolute Gasteiger partial charge is 0.497 e. The van der Waals surface area contributed by atoms with Crippen LogP contribution in [0.4, 0.5) is 0 Å². The van der Waals surface area contributed by atoms with Crippen LogP contribution in [0.2, 0.25) is 0 Å². The lowest BCUT2D eigenvalue weighted by Crippen LogP contribution is -2.20. The van der Waals surface area contributed by atoms with Gasteiger partial charge < -0.3 is 4.74 Å². The summed E-state index contributed by atoms with van der Waals surface area (Å²) in [4.78, 5) is 18.0. The van der Waals surface area contributed by atoms with Gasteiger partial charge in [-0.25, -0.2) is 4.68 Å². The fourth-order valence-corrected chi connectivity index (χ4v) is 4.22. The Morgan fingerprint density at radius 2 is 1.52 bits per heavy atom. The highest BCUT2D eigenvalue weighted by Gasteiger charge is 2.16. The molecular formula is C28H29N3O2. The van der Waals surface area contributed by atoms with Crippen LogP contribution in [0.3, 0.4) is 0 Å². The zero-order valence-electron chi connectivity index (χ0n) is 19.3.